The molecule has 0 bridgehead atoms. The lowest BCUT2D eigenvalue weighted by Crippen LogP contribution is -2.02. The second-order valence-corrected chi connectivity index (χ2v) is 7.69. The Balaban J connectivity index is 1.56. The van der Waals surface area contributed by atoms with Gasteiger partial charge in [0.05, 0.1) is 0 Å². The quantitative estimate of drug-likeness (QED) is 0.203. The lowest BCUT2D eigenvalue weighted by atomic mass is 10.0. The van der Waals surface area contributed by atoms with Gasteiger partial charge >= 0.3 is 0 Å². The molecule has 3 nitrogen and oxygen atoms in total. The van der Waals surface area contributed by atoms with Crippen LogP contribution in [0, 0.1) is 0 Å². The minimum Gasteiger partial charge on any atom is -0.507 e. The average Bonchev–Trinajstić information content (AvgIpc) is 2.78. The first-order valence-electron chi connectivity index (χ1n) is 11.0. The predicted molar refractivity (Wildman–Crippen MR) is 127 cm³/mol. The van der Waals surface area contributed by atoms with Crippen molar-refractivity contribution in [3.63, 3.8) is 0 Å². The summed E-state index contributed by atoms with van der Waals surface area (Å²) in [7, 11) is 0. The highest BCUT2D eigenvalue weighted by atomic mass is 16.3. The van der Waals surface area contributed by atoms with E-state index in [1.165, 1.54) is 44.6 Å². The summed E-state index contributed by atoms with van der Waals surface area (Å²) in [4.78, 5) is 12.6. The van der Waals surface area contributed by atoms with E-state index in [-0.39, 0.29) is 11.5 Å². The molecule has 3 heteroatoms. The van der Waals surface area contributed by atoms with Crippen LogP contribution in [-0.4, -0.2) is 17.4 Å². The summed E-state index contributed by atoms with van der Waals surface area (Å²) in [5.41, 5.74) is 2.34. The minimum absolute atomic E-state index is 0.0789. The van der Waals surface area contributed by atoms with Crippen LogP contribution in [0.5, 0.6) is 5.75 Å². The first kappa shape index (κ1) is 21.6. The first-order valence-corrected chi connectivity index (χ1v) is 11.0. The van der Waals surface area contributed by atoms with Crippen LogP contribution < -0.4 is 5.32 Å². The number of carbonyl (C=O) groups excluding carboxylic acids is 1. The molecule has 0 fully saturated rings. The van der Waals surface area contributed by atoms with E-state index in [9.17, 15) is 9.90 Å². The van der Waals surface area contributed by atoms with Gasteiger partial charge in [-0.2, -0.15) is 0 Å². The summed E-state index contributed by atoms with van der Waals surface area (Å²) in [6.45, 7) is 3.19. The standard InChI is InChI=1S/C27H31NO2/c1-2-3-4-5-6-9-20-28-23-15-12-22(13-16-23)26(29)19-17-25-24-11-8-7-10-21(24)14-18-27(25)30/h7-8,10-19,28,30H,2-6,9,20H2,1H3/b19-17+. The Hall–Kier alpha value is -3.07. The summed E-state index contributed by atoms with van der Waals surface area (Å²) in [6.07, 6.45) is 10.9. The third kappa shape index (κ3) is 5.96. The van der Waals surface area contributed by atoms with Crippen molar-refractivity contribution in [2.24, 2.45) is 0 Å². The van der Waals surface area contributed by atoms with Gasteiger partial charge in [0.15, 0.2) is 5.78 Å². The maximum absolute atomic E-state index is 12.6. The molecule has 0 aliphatic carbocycles. The van der Waals surface area contributed by atoms with Crippen LogP contribution in [0.4, 0.5) is 5.69 Å². The zero-order chi connectivity index (χ0) is 21.2. The Bertz CT molecular complexity index is 989. The average molecular weight is 402 g/mol. The maximum atomic E-state index is 12.6. The number of phenols is 1. The highest BCUT2D eigenvalue weighted by Gasteiger charge is 2.06. The number of fused-ring (bicyclic) bond motifs is 1. The van der Waals surface area contributed by atoms with E-state index in [1.54, 1.807) is 12.1 Å². The molecule has 156 valence electrons. The Morgan fingerprint density at radius 2 is 1.63 bits per heavy atom. The molecule has 3 aromatic rings. The van der Waals surface area contributed by atoms with Gasteiger partial charge in [-0.15, -0.1) is 0 Å². The van der Waals surface area contributed by atoms with Crippen LogP contribution in [0.1, 0.15) is 61.4 Å². The number of phenolic OH excluding ortho intramolecular Hbond substituents is 1. The van der Waals surface area contributed by atoms with Crippen LogP contribution in [-0.2, 0) is 0 Å². The SMILES string of the molecule is CCCCCCCCNc1ccc(C(=O)/C=C/c2c(O)ccc3ccccc23)cc1. The van der Waals surface area contributed by atoms with Crippen LogP contribution in [0.3, 0.4) is 0 Å². The lowest BCUT2D eigenvalue weighted by molar-refractivity contribution is 0.104. The number of nitrogens with one attached hydrogen (secondary N) is 1. The summed E-state index contributed by atoms with van der Waals surface area (Å²) >= 11 is 0. The van der Waals surface area contributed by atoms with Gasteiger partial charge in [-0.1, -0.05) is 69.4 Å². The highest BCUT2D eigenvalue weighted by Crippen LogP contribution is 2.28. The van der Waals surface area contributed by atoms with Crippen molar-refractivity contribution < 1.29 is 9.90 Å². The Labute approximate surface area is 179 Å². The molecule has 0 aromatic heterocycles. The number of hydrogen-bond donors (Lipinski definition) is 2. The molecule has 0 aliphatic heterocycles. The van der Waals surface area contributed by atoms with Gasteiger partial charge in [-0.3, -0.25) is 4.79 Å². The van der Waals surface area contributed by atoms with Gasteiger partial charge in [-0.05, 0) is 59.7 Å². The van der Waals surface area contributed by atoms with Crippen LogP contribution >= 0.6 is 0 Å². The number of hydrogen-bond acceptors (Lipinski definition) is 3. The van der Waals surface area contributed by atoms with Gasteiger partial charge in [-0.25, -0.2) is 0 Å². The lowest BCUT2D eigenvalue weighted by Gasteiger charge is -2.07. The molecule has 0 unspecified atom stereocenters. The van der Waals surface area contributed by atoms with Gasteiger partial charge in [0, 0.05) is 23.4 Å². The van der Waals surface area contributed by atoms with Crippen LogP contribution in [0.2, 0.25) is 0 Å². The summed E-state index contributed by atoms with van der Waals surface area (Å²) in [6, 6.07) is 19.0. The number of unbranched alkanes of at least 4 members (excludes halogenated alkanes) is 5. The van der Waals surface area contributed by atoms with Crippen molar-refractivity contribution in [3.05, 3.63) is 77.9 Å². The third-order valence-corrected chi connectivity index (χ3v) is 5.38. The van der Waals surface area contributed by atoms with E-state index in [2.05, 4.69) is 12.2 Å². The zero-order valence-electron chi connectivity index (χ0n) is 17.7. The molecular weight excluding hydrogens is 370 g/mol. The fraction of sp³-hybridized carbons (Fsp3) is 0.296. The van der Waals surface area contributed by atoms with Crippen molar-refractivity contribution in [2.45, 2.75) is 45.4 Å². The topological polar surface area (TPSA) is 49.3 Å². The van der Waals surface area contributed by atoms with Crippen molar-refractivity contribution in [1.82, 2.24) is 0 Å². The van der Waals surface area contributed by atoms with Crippen molar-refractivity contribution in [2.75, 3.05) is 11.9 Å². The normalized spacial score (nSPS) is 11.2. The van der Waals surface area contributed by atoms with Gasteiger partial charge in [0.1, 0.15) is 5.75 Å². The van der Waals surface area contributed by atoms with Gasteiger partial charge in [0.25, 0.3) is 0 Å². The van der Waals surface area contributed by atoms with E-state index >= 15 is 0 Å². The minimum atomic E-state index is -0.0789. The summed E-state index contributed by atoms with van der Waals surface area (Å²) in [5.74, 6) is 0.0943. The smallest absolute Gasteiger partial charge is 0.185 e. The molecule has 0 spiro atoms. The number of carbonyl (C=O) groups is 1. The number of rotatable bonds is 11. The molecule has 0 heterocycles. The maximum Gasteiger partial charge on any atom is 0.185 e. The molecule has 0 aliphatic rings. The number of benzene rings is 3. The predicted octanol–water partition coefficient (Wildman–Crippen LogP) is 7.21. The molecule has 3 aromatic carbocycles. The highest BCUT2D eigenvalue weighted by molar-refractivity contribution is 6.08. The molecular formula is C27H31NO2. The monoisotopic (exact) mass is 401 g/mol. The van der Waals surface area contributed by atoms with Gasteiger partial charge < -0.3 is 10.4 Å². The molecule has 30 heavy (non-hydrogen) atoms. The van der Waals surface area contributed by atoms with E-state index in [0.29, 0.717) is 11.1 Å². The van der Waals surface area contributed by atoms with E-state index in [0.717, 1.165) is 23.0 Å². The number of aromatic hydroxyl groups is 1. The molecule has 0 radical (unpaired) electrons. The Morgan fingerprint density at radius 1 is 0.900 bits per heavy atom. The van der Waals surface area contributed by atoms with E-state index in [1.807, 2.05) is 54.6 Å². The summed E-state index contributed by atoms with van der Waals surface area (Å²) in [5, 5.41) is 15.6. The van der Waals surface area contributed by atoms with E-state index < -0.39 is 0 Å². The summed E-state index contributed by atoms with van der Waals surface area (Å²) < 4.78 is 0. The second-order valence-electron chi connectivity index (χ2n) is 7.69. The Morgan fingerprint density at radius 3 is 2.43 bits per heavy atom. The number of anilines is 1. The van der Waals surface area contributed by atoms with Gasteiger partial charge in [0.2, 0.25) is 0 Å². The van der Waals surface area contributed by atoms with Crippen LogP contribution in [0.25, 0.3) is 16.8 Å². The first-order chi connectivity index (χ1) is 14.7. The van der Waals surface area contributed by atoms with E-state index in [4.69, 9.17) is 0 Å². The molecule has 2 N–H and O–H groups in total. The zero-order valence-corrected chi connectivity index (χ0v) is 17.7. The largest absolute Gasteiger partial charge is 0.507 e. The molecule has 0 amide bonds. The number of ketones is 1. The molecule has 0 atom stereocenters. The van der Waals surface area contributed by atoms with Crippen molar-refractivity contribution in [3.8, 4) is 5.75 Å². The third-order valence-electron chi connectivity index (χ3n) is 5.38. The van der Waals surface area contributed by atoms with Crippen molar-refractivity contribution >= 4 is 28.3 Å². The fourth-order valence-corrected chi connectivity index (χ4v) is 3.60. The van der Waals surface area contributed by atoms with Crippen LogP contribution in [0.15, 0.2) is 66.7 Å². The molecule has 3 rings (SSSR count). The van der Waals surface area contributed by atoms with Crippen molar-refractivity contribution in [1.29, 1.82) is 0 Å². The second kappa shape index (κ2) is 11.2. The molecule has 0 saturated heterocycles. The molecule has 0 saturated carbocycles. The number of allylic oxidation sites excluding steroid dienone is 1. The Kier molecular flexibility index (Phi) is 8.08. The fourth-order valence-electron chi connectivity index (χ4n) is 3.60.